The van der Waals surface area contributed by atoms with Crippen LogP contribution in [-0.4, -0.2) is 24.5 Å². The molecule has 0 saturated heterocycles. The third-order valence-electron chi connectivity index (χ3n) is 3.75. The Labute approximate surface area is 122 Å². The van der Waals surface area contributed by atoms with Crippen LogP contribution < -0.4 is 0 Å². The molecule has 0 aliphatic carbocycles. The van der Waals surface area contributed by atoms with Gasteiger partial charge in [-0.3, -0.25) is 0 Å². The predicted molar refractivity (Wildman–Crippen MR) is 88.8 cm³/mol. The number of unbranched alkanes of at least 4 members (excludes halogenated alkanes) is 8. The number of hydrogen-bond donors (Lipinski definition) is 0. The molecule has 114 valence electrons. The van der Waals surface area contributed by atoms with Crippen molar-refractivity contribution >= 4 is 0 Å². The molecule has 0 aromatic carbocycles. The van der Waals surface area contributed by atoms with Crippen LogP contribution in [0.15, 0.2) is 12.7 Å². The molecule has 0 spiro atoms. The standard InChI is InChI=1S/C18H37N/c1-4-7-9-10-11-12-13-14-15-18-19(16-6-3)17-8-5-2/h4H,1,5-18H2,2-3H3. The average molecular weight is 268 g/mol. The molecule has 0 rings (SSSR count). The van der Waals surface area contributed by atoms with Crippen molar-refractivity contribution in [2.45, 2.75) is 84.5 Å². The zero-order valence-corrected chi connectivity index (χ0v) is 13.6. The van der Waals surface area contributed by atoms with Crippen LogP contribution in [0, 0.1) is 0 Å². The molecule has 0 bridgehead atoms. The number of nitrogens with zero attached hydrogens (tertiary/aromatic N) is 1. The molecule has 0 amide bonds. The van der Waals surface area contributed by atoms with Gasteiger partial charge in [0.1, 0.15) is 0 Å². The highest BCUT2D eigenvalue weighted by atomic mass is 15.1. The maximum atomic E-state index is 3.77. The van der Waals surface area contributed by atoms with Gasteiger partial charge in [-0.2, -0.15) is 0 Å². The van der Waals surface area contributed by atoms with Gasteiger partial charge in [0.05, 0.1) is 0 Å². The average Bonchev–Trinajstić information content (AvgIpc) is 2.42. The molecule has 0 aromatic rings. The summed E-state index contributed by atoms with van der Waals surface area (Å²) in [4.78, 5) is 2.66. The molecule has 0 unspecified atom stereocenters. The maximum absolute atomic E-state index is 3.77. The van der Waals surface area contributed by atoms with Crippen molar-refractivity contribution in [1.29, 1.82) is 0 Å². The van der Waals surface area contributed by atoms with E-state index in [1.54, 1.807) is 0 Å². The van der Waals surface area contributed by atoms with E-state index in [2.05, 4.69) is 25.3 Å². The van der Waals surface area contributed by atoms with E-state index in [0.29, 0.717) is 0 Å². The summed E-state index contributed by atoms with van der Waals surface area (Å²) >= 11 is 0. The number of rotatable bonds is 15. The normalized spacial score (nSPS) is 11.1. The lowest BCUT2D eigenvalue weighted by atomic mass is 10.1. The van der Waals surface area contributed by atoms with Crippen LogP contribution in [0.2, 0.25) is 0 Å². The first-order valence-electron chi connectivity index (χ1n) is 8.68. The van der Waals surface area contributed by atoms with E-state index in [4.69, 9.17) is 0 Å². The van der Waals surface area contributed by atoms with Gasteiger partial charge >= 0.3 is 0 Å². The zero-order valence-electron chi connectivity index (χ0n) is 13.6. The molecular weight excluding hydrogens is 230 g/mol. The van der Waals surface area contributed by atoms with Crippen molar-refractivity contribution in [3.63, 3.8) is 0 Å². The van der Waals surface area contributed by atoms with Crippen molar-refractivity contribution in [3.8, 4) is 0 Å². The van der Waals surface area contributed by atoms with Gasteiger partial charge in [-0.05, 0) is 51.7 Å². The molecule has 0 radical (unpaired) electrons. The Hall–Kier alpha value is -0.300. The molecule has 0 fully saturated rings. The van der Waals surface area contributed by atoms with Crippen molar-refractivity contribution < 1.29 is 0 Å². The van der Waals surface area contributed by atoms with E-state index in [0.717, 1.165) is 0 Å². The molecule has 0 atom stereocenters. The van der Waals surface area contributed by atoms with Gasteiger partial charge in [0, 0.05) is 0 Å². The van der Waals surface area contributed by atoms with E-state index >= 15 is 0 Å². The highest BCUT2D eigenvalue weighted by molar-refractivity contribution is 4.65. The third kappa shape index (κ3) is 13.9. The summed E-state index contributed by atoms with van der Waals surface area (Å²) in [6, 6.07) is 0. The first kappa shape index (κ1) is 18.7. The van der Waals surface area contributed by atoms with Crippen LogP contribution in [0.4, 0.5) is 0 Å². The Morgan fingerprint density at radius 2 is 1.26 bits per heavy atom. The summed E-state index contributed by atoms with van der Waals surface area (Å²) in [7, 11) is 0. The van der Waals surface area contributed by atoms with Gasteiger partial charge < -0.3 is 4.90 Å². The van der Waals surface area contributed by atoms with Crippen molar-refractivity contribution in [2.24, 2.45) is 0 Å². The summed E-state index contributed by atoms with van der Waals surface area (Å²) in [5, 5.41) is 0. The molecule has 0 N–H and O–H groups in total. The lowest BCUT2D eigenvalue weighted by Crippen LogP contribution is -2.26. The van der Waals surface area contributed by atoms with Crippen LogP contribution in [0.3, 0.4) is 0 Å². The molecule has 1 nitrogen and oxygen atoms in total. The minimum Gasteiger partial charge on any atom is -0.303 e. The van der Waals surface area contributed by atoms with Gasteiger partial charge in [0.2, 0.25) is 0 Å². The van der Waals surface area contributed by atoms with Crippen LogP contribution in [-0.2, 0) is 0 Å². The summed E-state index contributed by atoms with van der Waals surface area (Å²) in [6.07, 6.45) is 17.1. The van der Waals surface area contributed by atoms with Gasteiger partial charge in [0.25, 0.3) is 0 Å². The minimum atomic E-state index is 1.20. The van der Waals surface area contributed by atoms with Crippen LogP contribution in [0.1, 0.15) is 84.5 Å². The van der Waals surface area contributed by atoms with E-state index in [9.17, 15) is 0 Å². The molecule has 0 heterocycles. The Balaban J connectivity index is 3.31. The second kappa shape index (κ2) is 15.8. The Morgan fingerprint density at radius 3 is 1.84 bits per heavy atom. The molecule has 19 heavy (non-hydrogen) atoms. The number of hydrogen-bond acceptors (Lipinski definition) is 1. The van der Waals surface area contributed by atoms with Gasteiger partial charge in [-0.25, -0.2) is 0 Å². The lowest BCUT2D eigenvalue weighted by Gasteiger charge is -2.21. The molecule has 1 heteroatoms. The summed E-state index contributed by atoms with van der Waals surface area (Å²) in [6.45, 7) is 12.3. The fourth-order valence-electron chi connectivity index (χ4n) is 2.54. The van der Waals surface area contributed by atoms with Crippen LogP contribution in [0.5, 0.6) is 0 Å². The third-order valence-corrected chi connectivity index (χ3v) is 3.75. The van der Waals surface area contributed by atoms with Gasteiger partial charge in [-0.1, -0.05) is 58.4 Å². The minimum absolute atomic E-state index is 1.20. The second-order valence-electron chi connectivity index (χ2n) is 5.75. The monoisotopic (exact) mass is 267 g/mol. The summed E-state index contributed by atoms with van der Waals surface area (Å²) in [5.41, 5.74) is 0. The smallest absolute Gasteiger partial charge is 0.00187 e. The number of allylic oxidation sites excluding steroid dienone is 1. The maximum Gasteiger partial charge on any atom is -0.00187 e. The van der Waals surface area contributed by atoms with Crippen molar-refractivity contribution in [1.82, 2.24) is 4.90 Å². The fraction of sp³-hybridized carbons (Fsp3) is 0.889. The largest absolute Gasteiger partial charge is 0.303 e. The summed E-state index contributed by atoms with van der Waals surface area (Å²) < 4.78 is 0. The van der Waals surface area contributed by atoms with E-state index in [1.807, 2.05) is 6.08 Å². The highest BCUT2D eigenvalue weighted by Crippen LogP contribution is 2.09. The zero-order chi connectivity index (χ0) is 14.2. The Kier molecular flexibility index (Phi) is 15.5. The Bertz CT molecular complexity index is 177. The molecule has 0 aromatic heterocycles. The molecule has 0 aliphatic heterocycles. The van der Waals surface area contributed by atoms with Crippen molar-refractivity contribution in [3.05, 3.63) is 12.7 Å². The first-order valence-corrected chi connectivity index (χ1v) is 8.68. The van der Waals surface area contributed by atoms with E-state index in [-0.39, 0.29) is 0 Å². The van der Waals surface area contributed by atoms with E-state index in [1.165, 1.54) is 90.3 Å². The fourth-order valence-corrected chi connectivity index (χ4v) is 2.54. The quantitative estimate of drug-likeness (QED) is 0.267. The molecular formula is C18H37N. The topological polar surface area (TPSA) is 3.24 Å². The van der Waals surface area contributed by atoms with E-state index < -0.39 is 0 Å². The SMILES string of the molecule is C=CCCCCCCCCCN(CCC)CCCC. The first-order chi connectivity index (χ1) is 9.35. The van der Waals surface area contributed by atoms with Gasteiger partial charge in [0.15, 0.2) is 0 Å². The summed E-state index contributed by atoms with van der Waals surface area (Å²) in [5.74, 6) is 0. The van der Waals surface area contributed by atoms with Gasteiger partial charge in [-0.15, -0.1) is 6.58 Å². The second-order valence-corrected chi connectivity index (χ2v) is 5.75. The predicted octanol–water partition coefficient (Wildman–Crippen LogP) is 5.81. The van der Waals surface area contributed by atoms with Crippen molar-refractivity contribution in [2.75, 3.05) is 19.6 Å². The van der Waals surface area contributed by atoms with Crippen LogP contribution >= 0.6 is 0 Å². The molecule has 0 saturated carbocycles. The van der Waals surface area contributed by atoms with Crippen LogP contribution in [0.25, 0.3) is 0 Å². The molecule has 0 aliphatic rings. The highest BCUT2D eigenvalue weighted by Gasteiger charge is 2.02. The lowest BCUT2D eigenvalue weighted by molar-refractivity contribution is 0.263. The Morgan fingerprint density at radius 1 is 0.684 bits per heavy atom.